The van der Waals surface area contributed by atoms with E-state index < -0.39 is 35.2 Å². The van der Waals surface area contributed by atoms with Gasteiger partial charge in [-0.3, -0.25) is 10.1 Å². The molecular formula is C24H23Cl2FN2O2. The number of benzene rings is 2. The summed E-state index contributed by atoms with van der Waals surface area (Å²) < 4.78 is 15.2. The molecule has 0 spiro atoms. The molecule has 4 atom stereocenters. The van der Waals surface area contributed by atoms with E-state index in [1.165, 1.54) is 12.1 Å². The Bertz CT molecular complexity index is 1020. The minimum Gasteiger partial charge on any atom is -0.480 e. The Morgan fingerprint density at radius 2 is 1.87 bits per heavy atom. The van der Waals surface area contributed by atoms with Crippen LogP contribution in [0.5, 0.6) is 0 Å². The molecule has 2 aromatic rings. The third-order valence-electron chi connectivity index (χ3n) is 6.89. The van der Waals surface area contributed by atoms with Crippen LogP contribution >= 0.6 is 23.2 Å². The number of nitriles is 1. The number of halogens is 3. The van der Waals surface area contributed by atoms with E-state index in [1.54, 1.807) is 30.3 Å². The Morgan fingerprint density at radius 1 is 1.19 bits per heavy atom. The number of carboxylic acid groups (broad SMARTS) is 1. The molecule has 1 aliphatic heterocycles. The molecule has 2 N–H and O–H groups in total. The lowest BCUT2D eigenvalue weighted by Crippen LogP contribution is -2.43. The number of rotatable bonds is 5. The Labute approximate surface area is 191 Å². The fourth-order valence-electron chi connectivity index (χ4n) is 5.48. The molecular weight excluding hydrogens is 438 g/mol. The first kappa shape index (κ1) is 22.1. The van der Waals surface area contributed by atoms with Gasteiger partial charge in [-0.25, -0.2) is 4.39 Å². The molecule has 1 saturated carbocycles. The number of hydrogen-bond donors (Lipinski definition) is 2. The van der Waals surface area contributed by atoms with Crippen molar-refractivity contribution in [3.63, 3.8) is 0 Å². The van der Waals surface area contributed by atoms with Gasteiger partial charge in [0.15, 0.2) is 0 Å². The average Bonchev–Trinajstić information content (AvgIpc) is 3.37. The molecule has 4 nitrogen and oxygen atoms in total. The van der Waals surface area contributed by atoms with Crippen molar-refractivity contribution in [1.29, 1.82) is 5.26 Å². The van der Waals surface area contributed by atoms with Gasteiger partial charge in [0.2, 0.25) is 0 Å². The van der Waals surface area contributed by atoms with Crippen LogP contribution in [-0.4, -0.2) is 23.2 Å². The monoisotopic (exact) mass is 460 g/mol. The van der Waals surface area contributed by atoms with E-state index >= 15 is 4.39 Å². The van der Waals surface area contributed by atoms with Gasteiger partial charge < -0.3 is 5.11 Å². The van der Waals surface area contributed by atoms with Gasteiger partial charge in [-0.1, -0.05) is 73.2 Å². The molecule has 0 amide bonds. The molecule has 4 rings (SSSR count). The molecule has 1 heterocycles. The van der Waals surface area contributed by atoms with Crippen molar-refractivity contribution >= 4 is 29.2 Å². The maximum atomic E-state index is 15.2. The fraction of sp³-hybridized carbons (Fsp3) is 0.417. The number of nitrogens with zero attached hydrogens (tertiary/aromatic N) is 1. The van der Waals surface area contributed by atoms with Gasteiger partial charge in [0, 0.05) is 17.0 Å². The molecule has 1 saturated heterocycles. The summed E-state index contributed by atoms with van der Waals surface area (Å²) >= 11 is 12.1. The van der Waals surface area contributed by atoms with E-state index in [1.807, 2.05) is 0 Å². The fourth-order valence-corrected chi connectivity index (χ4v) is 5.78. The van der Waals surface area contributed by atoms with E-state index in [0.717, 1.165) is 25.7 Å². The number of carboxylic acids is 1. The maximum Gasteiger partial charge on any atom is 0.321 e. The van der Waals surface area contributed by atoms with E-state index in [4.69, 9.17) is 23.2 Å². The van der Waals surface area contributed by atoms with Gasteiger partial charge in [-0.2, -0.15) is 5.26 Å². The lowest BCUT2D eigenvalue weighted by atomic mass is 9.63. The van der Waals surface area contributed by atoms with Crippen molar-refractivity contribution in [2.24, 2.45) is 5.92 Å². The first-order valence-electron chi connectivity index (χ1n) is 10.5. The molecule has 0 aromatic heterocycles. The summed E-state index contributed by atoms with van der Waals surface area (Å²) in [6, 6.07) is 12.3. The van der Waals surface area contributed by atoms with Crippen molar-refractivity contribution in [2.75, 3.05) is 0 Å². The third kappa shape index (κ3) is 3.82. The predicted molar refractivity (Wildman–Crippen MR) is 118 cm³/mol. The van der Waals surface area contributed by atoms with E-state index in [0.29, 0.717) is 22.9 Å². The normalized spacial score (nSPS) is 28.5. The predicted octanol–water partition coefficient (Wildman–Crippen LogP) is 5.68. The zero-order valence-electron chi connectivity index (χ0n) is 16.8. The molecule has 7 heteroatoms. The van der Waals surface area contributed by atoms with Crippen molar-refractivity contribution in [3.8, 4) is 6.07 Å². The lowest BCUT2D eigenvalue weighted by Gasteiger charge is -2.35. The van der Waals surface area contributed by atoms with Crippen LogP contribution in [0.15, 0.2) is 42.5 Å². The smallest absolute Gasteiger partial charge is 0.321 e. The highest BCUT2D eigenvalue weighted by atomic mass is 35.5. The summed E-state index contributed by atoms with van der Waals surface area (Å²) in [5, 5.41) is 24.3. The van der Waals surface area contributed by atoms with Crippen molar-refractivity contribution in [3.05, 3.63) is 69.5 Å². The van der Waals surface area contributed by atoms with Gasteiger partial charge in [-0.15, -0.1) is 0 Å². The van der Waals surface area contributed by atoms with Gasteiger partial charge in [0.1, 0.15) is 17.3 Å². The molecule has 0 radical (unpaired) electrons. The highest BCUT2D eigenvalue weighted by Gasteiger charge is 2.60. The second-order valence-corrected chi connectivity index (χ2v) is 9.37. The third-order valence-corrected chi connectivity index (χ3v) is 7.43. The summed E-state index contributed by atoms with van der Waals surface area (Å²) in [5.74, 6) is -2.36. The number of carbonyl (C=O) groups is 1. The number of hydrogen-bond acceptors (Lipinski definition) is 3. The van der Waals surface area contributed by atoms with Crippen LogP contribution in [0.3, 0.4) is 0 Å². The Balaban J connectivity index is 1.92. The van der Waals surface area contributed by atoms with Gasteiger partial charge in [0.25, 0.3) is 0 Å². The molecule has 2 unspecified atom stereocenters. The second kappa shape index (κ2) is 8.78. The van der Waals surface area contributed by atoms with Crippen LogP contribution in [0.2, 0.25) is 10.0 Å². The molecule has 0 bridgehead atoms. The minimum absolute atomic E-state index is 0.0937. The summed E-state index contributed by atoms with van der Waals surface area (Å²) in [7, 11) is 0. The zero-order chi connectivity index (χ0) is 22.2. The quantitative estimate of drug-likeness (QED) is 0.601. The zero-order valence-corrected chi connectivity index (χ0v) is 18.3. The molecule has 31 heavy (non-hydrogen) atoms. The molecule has 2 aliphatic rings. The standard InChI is InChI=1S/C24H23Cl2FN2O2/c25-16-10-8-15(9-11-16)24(13-28)19(12-14-4-1-2-5-14)29-22(23(30)31)20(24)17-6-3-7-18(26)21(17)27/h3,6-11,14,19-20,22,29H,1-2,4-5,12H2,(H,30,31)/t19-,20?,22+,24?/m0/s1. The highest BCUT2D eigenvalue weighted by Crippen LogP contribution is 2.52. The van der Waals surface area contributed by atoms with E-state index in [-0.39, 0.29) is 10.6 Å². The van der Waals surface area contributed by atoms with Crippen molar-refractivity contribution in [2.45, 2.75) is 55.5 Å². The molecule has 2 fully saturated rings. The van der Waals surface area contributed by atoms with Crippen molar-refractivity contribution < 1.29 is 14.3 Å². The molecule has 162 valence electrons. The van der Waals surface area contributed by atoms with Gasteiger partial charge in [-0.05, 0) is 41.7 Å². The van der Waals surface area contributed by atoms with E-state index in [2.05, 4.69) is 11.4 Å². The minimum atomic E-state index is -1.29. The summed E-state index contributed by atoms with van der Waals surface area (Å²) in [6.45, 7) is 0. The second-order valence-electron chi connectivity index (χ2n) is 8.53. The van der Waals surface area contributed by atoms with E-state index in [9.17, 15) is 15.2 Å². The van der Waals surface area contributed by atoms with Gasteiger partial charge >= 0.3 is 5.97 Å². The Hall–Kier alpha value is -2.13. The van der Waals surface area contributed by atoms with Crippen LogP contribution in [0.4, 0.5) is 4.39 Å². The average molecular weight is 461 g/mol. The number of nitrogens with one attached hydrogen (secondary N) is 1. The largest absolute Gasteiger partial charge is 0.480 e. The Morgan fingerprint density at radius 3 is 2.48 bits per heavy atom. The Kier molecular flexibility index (Phi) is 6.25. The summed E-state index contributed by atoms with van der Waals surface area (Å²) in [4.78, 5) is 12.3. The van der Waals surface area contributed by atoms with Crippen LogP contribution < -0.4 is 5.32 Å². The SMILES string of the molecule is N#CC1(c2ccc(Cl)cc2)C(c2cccc(Cl)c2F)[C@H](C(=O)O)N[C@H]1CC1CCCC1. The van der Waals surface area contributed by atoms with Crippen LogP contribution in [0.1, 0.15) is 49.1 Å². The topological polar surface area (TPSA) is 73.1 Å². The number of aliphatic carboxylic acids is 1. The van der Waals surface area contributed by atoms with Crippen LogP contribution in [0, 0.1) is 23.1 Å². The highest BCUT2D eigenvalue weighted by molar-refractivity contribution is 6.31. The molecule has 1 aliphatic carbocycles. The van der Waals surface area contributed by atoms with Crippen LogP contribution in [-0.2, 0) is 10.2 Å². The van der Waals surface area contributed by atoms with Gasteiger partial charge in [0.05, 0.1) is 11.1 Å². The molecule has 2 aromatic carbocycles. The summed E-state index contributed by atoms with van der Waals surface area (Å²) in [5.41, 5.74) is -0.525. The first-order chi connectivity index (χ1) is 14.9. The first-order valence-corrected chi connectivity index (χ1v) is 11.2. The maximum absolute atomic E-state index is 15.2. The summed E-state index contributed by atoms with van der Waals surface area (Å²) in [6.07, 6.45) is 5.01. The van der Waals surface area contributed by atoms with Crippen LogP contribution in [0.25, 0.3) is 0 Å². The lowest BCUT2D eigenvalue weighted by molar-refractivity contribution is -0.139. The van der Waals surface area contributed by atoms with Crippen molar-refractivity contribution in [1.82, 2.24) is 5.32 Å².